The number of imidazole rings is 1. The van der Waals surface area contributed by atoms with E-state index in [1.54, 1.807) is 24.7 Å². The Balaban J connectivity index is 1.47. The summed E-state index contributed by atoms with van der Waals surface area (Å²) in [6.45, 7) is 5.20. The fourth-order valence-electron chi connectivity index (χ4n) is 3.79. The predicted molar refractivity (Wildman–Crippen MR) is 117 cm³/mol. The number of hydrogen-bond acceptors (Lipinski definition) is 6. The van der Waals surface area contributed by atoms with Crippen molar-refractivity contribution in [2.45, 2.75) is 38.7 Å². The van der Waals surface area contributed by atoms with Crippen LogP contribution in [0.15, 0.2) is 61.2 Å². The third-order valence-corrected chi connectivity index (χ3v) is 5.33. The summed E-state index contributed by atoms with van der Waals surface area (Å²) in [5.74, 6) is 0.172. The molecule has 3 aromatic rings. The van der Waals surface area contributed by atoms with Gasteiger partial charge in [-0.1, -0.05) is 36.8 Å². The quantitative estimate of drug-likeness (QED) is 0.579. The minimum absolute atomic E-state index is 0.259. The van der Waals surface area contributed by atoms with Crippen LogP contribution in [0.3, 0.4) is 0 Å². The fraction of sp³-hybridized carbons (Fsp3) is 0.333. The molecule has 2 atom stereocenters. The fourth-order valence-corrected chi connectivity index (χ4v) is 3.79. The largest absolute Gasteiger partial charge is 0.491 e. The smallest absolute Gasteiger partial charge is 0.409 e. The van der Waals surface area contributed by atoms with E-state index in [9.17, 15) is 4.79 Å². The zero-order valence-corrected chi connectivity index (χ0v) is 18.2. The number of primary amides is 1. The highest BCUT2D eigenvalue weighted by Crippen LogP contribution is 2.37. The molecule has 4 rings (SSSR count). The lowest BCUT2D eigenvalue weighted by Crippen LogP contribution is -2.34. The molecular weight excluding hydrogens is 410 g/mol. The van der Waals surface area contributed by atoms with Crippen molar-refractivity contribution >= 4 is 6.09 Å². The number of nitrogens with two attached hydrogens (primary N) is 1. The summed E-state index contributed by atoms with van der Waals surface area (Å²) in [5.41, 5.74) is 8.05. The van der Waals surface area contributed by atoms with Gasteiger partial charge < -0.3 is 29.2 Å². The summed E-state index contributed by atoms with van der Waals surface area (Å²) in [4.78, 5) is 15.2. The molecule has 1 aliphatic rings. The van der Waals surface area contributed by atoms with Gasteiger partial charge in [0, 0.05) is 18.0 Å². The Morgan fingerprint density at radius 1 is 1.31 bits per heavy atom. The number of carbonyl (C=O) groups excluding carboxylic acids is 1. The Labute approximate surface area is 186 Å². The van der Waals surface area contributed by atoms with Crippen LogP contribution in [0.5, 0.6) is 11.5 Å². The lowest BCUT2D eigenvalue weighted by atomic mass is 10.0. The van der Waals surface area contributed by atoms with E-state index in [1.807, 2.05) is 48.9 Å². The lowest BCUT2D eigenvalue weighted by Gasteiger charge is -2.29. The number of ether oxygens (including phenoxy) is 4. The molecule has 168 valence electrons. The molecule has 0 bridgehead atoms. The van der Waals surface area contributed by atoms with E-state index < -0.39 is 11.9 Å². The maximum Gasteiger partial charge on any atom is 0.409 e. The summed E-state index contributed by atoms with van der Waals surface area (Å²) in [6, 6.07) is 13.4. The van der Waals surface area contributed by atoms with E-state index in [1.165, 1.54) is 0 Å². The van der Waals surface area contributed by atoms with Gasteiger partial charge in [0.25, 0.3) is 0 Å². The second kappa shape index (κ2) is 9.42. The molecule has 2 heterocycles. The van der Waals surface area contributed by atoms with Crippen LogP contribution < -0.4 is 15.2 Å². The van der Waals surface area contributed by atoms with Crippen molar-refractivity contribution < 1.29 is 23.7 Å². The van der Waals surface area contributed by atoms with Gasteiger partial charge in [-0.05, 0) is 37.1 Å². The first kappa shape index (κ1) is 21.9. The predicted octanol–water partition coefficient (Wildman–Crippen LogP) is 3.56. The minimum Gasteiger partial charge on any atom is -0.491 e. The zero-order chi connectivity index (χ0) is 22.6. The maximum absolute atomic E-state index is 11.1. The number of nitrogens with zero attached hydrogens (tertiary/aromatic N) is 2. The van der Waals surface area contributed by atoms with Crippen LogP contribution in [0, 0.1) is 6.92 Å². The van der Waals surface area contributed by atoms with Gasteiger partial charge in [0.15, 0.2) is 0 Å². The zero-order valence-electron chi connectivity index (χ0n) is 18.2. The van der Waals surface area contributed by atoms with Gasteiger partial charge in [0.1, 0.15) is 24.2 Å². The average Bonchev–Trinajstić information content (AvgIpc) is 3.43. The molecule has 8 nitrogen and oxygen atoms in total. The molecule has 32 heavy (non-hydrogen) atoms. The Kier molecular flexibility index (Phi) is 6.43. The van der Waals surface area contributed by atoms with Gasteiger partial charge in [-0.2, -0.15) is 0 Å². The Morgan fingerprint density at radius 3 is 2.91 bits per heavy atom. The lowest BCUT2D eigenvalue weighted by molar-refractivity contribution is -0.189. The number of carbonyl (C=O) groups is 1. The number of amides is 1. The van der Waals surface area contributed by atoms with Gasteiger partial charge in [0.2, 0.25) is 5.79 Å². The highest BCUT2D eigenvalue weighted by molar-refractivity contribution is 5.68. The SMILES string of the molecule is CCc1cc(OCC2COC(Cn3ccnc3)(c3cccc(C)c3)O2)ccc1OC(N)=O. The van der Waals surface area contributed by atoms with Crippen LogP contribution in [0.25, 0.3) is 0 Å². The number of aryl methyl sites for hydroxylation is 2. The van der Waals surface area contributed by atoms with Gasteiger partial charge in [-0.15, -0.1) is 0 Å². The van der Waals surface area contributed by atoms with Crippen molar-refractivity contribution in [2.75, 3.05) is 13.2 Å². The number of benzene rings is 2. The second-order valence-corrected chi connectivity index (χ2v) is 7.76. The summed E-state index contributed by atoms with van der Waals surface area (Å²) >= 11 is 0. The Hall–Kier alpha value is -3.36. The molecule has 1 amide bonds. The Morgan fingerprint density at radius 2 is 2.19 bits per heavy atom. The number of hydrogen-bond donors (Lipinski definition) is 1. The van der Waals surface area contributed by atoms with Crippen LogP contribution in [-0.2, 0) is 28.2 Å². The minimum atomic E-state index is -0.922. The molecule has 2 aromatic carbocycles. The molecule has 1 aliphatic heterocycles. The number of aromatic nitrogens is 2. The van der Waals surface area contributed by atoms with Gasteiger partial charge >= 0.3 is 6.09 Å². The molecule has 8 heteroatoms. The molecule has 2 N–H and O–H groups in total. The third-order valence-electron chi connectivity index (χ3n) is 5.33. The summed E-state index contributed by atoms with van der Waals surface area (Å²) in [5, 5.41) is 0. The van der Waals surface area contributed by atoms with Crippen molar-refractivity contribution in [1.82, 2.24) is 9.55 Å². The molecule has 1 fully saturated rings. The van der Waals surface area contributed by atoms with Gasteiger partial charge in [-0.3, -0.25) is 0 Å². The molecule has 1 saturated heterocycles. The summed E-state index contributed by atoms with van der Waals surface area (Å²) in [7, 11) is 0. The van der Waals surface area contributed by atoms with Crippen LogP contribution in [0.2, 0.25) is 0 Å². The highest BCUT2D eigenvalue weighted by Gasteiger charge is 2.44. The molecule has 1 aromatic heterocycles. The van der Waals surface area contributed by atoms with Crippen LogP contribution in [0.4, 0.5) is 4.79 Å². The normalized spacial score (nSPS) is 20.2. The summed E-state index contributed by atoms with van der Waals surface area (Å²) < 4.78 is 25.6. The van der Waals surface area contributed by atoms with E-state index in [2.05, 4.69) is 11.1 Å². The first-order valence-electron chi connectivity index (χ1n) is 10.5. The van der Waals surface area contributed by atoms with Gasteiger partial charge in [0.05, 0.1) is 19.5 Å². The topological polar surface area (TPSA) is 97.8 Å². The van der Waals surface area contributed by atoms with E-state index in [0.29, 0.717) is 37.7 Å². The first-order valence-corrected chi connectivity index (χ1v) is 10.5. The Bertz CT molecular complexity index is 1070. The standard InChI is InChI=1S/C24H27N3O5/c1-3-18-12-20(7-8-22(18)31-23(25)28)29-13-21-14-30-24(32-21,15-27-10-9-26-16-27)19-6-4-5-17(2)11-19/h4-12,16,21H,3,13-15H2,1-2H3,(H2,25,28). The van der Waals surface area contributed by atoms with Crippen molar-refractivity contribution in [3.05, 3.63) is 77.9 Å². The molecule has 2 unspecified atom stereocenters. The van der Waals surface area contributed by atoms with Crippen LogP contribution >= 0.6 is 0 Å². The third kappa shape index (κ3) is 4.92. The first-order chi connectivity index (χ1) is 15.5. The second-order valence-electron chi connectivity index (χ2n) is 7.76. The maximum atomic E-state index is 11.1. The van der Waals surface area contributed by atoms with Crippen LogP contribution in [0.1, 0.15) is 23.6 Å². The van der Waals surface area contributed by atoms with Gasteiger partial charge in [-0.25, -0.2) is 9.78 Å². The van der Waals surface area contributed by atoms with E-state index in [4.69, 9.17) is 24.7 Å². The van der Waals surface area contributed by atoms with E-state index >= 15 is 0 Å². The highest BCUT2D eigenvalue weighted by atomic mass is 16.8. The van der Waals surface area contributed by atoms with E-state index in [0.717, 1.165) is 16.7 Å². The van der Waals surface area contributed by atoms with Crippen molar-refractivity contribution in [3.8, 4) is 11.5 Å². The average molecular weight is 437 g/mol. The molecule has 0 aliphatic carbocycles. The molecule has 0 spiro atoms. The summed E-state index contributed by atoms with van der Waals surface area (Å²) in [6.07, 6.45) is 4.94. The number of rotatable bonds is 8. The van der Waals surface area contributed by atoms with Crippen molar-refractivity contribution in [3.63, 3.8) is 0 Å². The molecule has 0 radical (unpaired) electrons. The molecule has 0 saturated carbocycles. The van der Waals surface area contributed by atoms with Crippen LogP contribution in [-0.4, -0.2) is 35.0 Å². The van der Waals surface area contributed by atoms with Crippen molar-refractivity contribution in [2.24, 2.45) is 5.73 Å². The van der Waals surface area contributed by atoms with Crippen molar-refractivity contribution in [1.29, 1.82) is 0 Å². The van der Waals surface area contributed by atoms with E-state index in [-0.39, 0.29) is 6.10 Å². The monoisotopic (exact) mass is 437 g/mol. The molecular formula is C24H27N3O5.